The average molecular weight is 745 g/mol. The van der Waals surface area contributed by atoms with Crippen LogP contribution in [0, 0.1) is 11.3 Å². The van der Waals surface area contributed by atoms with Gasteiger partial charge in [0.1, 0.15) is 0 Å². The van der Waals surface area contributed by atoms with E-state index in [1.165, 1.54) is 70.1 Å². The van der Waals surface area contributed by atoms with Crippen molar-refractivity contribution in [1.29, 1.82) is 0 Å². The zero-order chi connectivity index (χ0) is 32.7. The van der Waals surface area contributed by atoms with Gasteiger partial charge in [-0.05, 0) is 0 Å². The Labute approximate surface area is 298 Å². The molecule has 47 heavy (non-hydrogen) atoms. The molecule has 4 aliphatic carbocycles. The van der Waals surface area contributed by atoms with E-state index in [1.54, 1.807) is 6.56 Å². The second kappa shape index (κ2) is 11.0. The number of hydrogen-bond donors (Lipinski definition) is 0. The van der Waals surface area contributed by atoms with Crippen molar-refractivity contribution in [1.82, 2.24) is 0 Å². The van der Waals surface area contributed by atoms with Crippen LogP contribution in [-0.2, 0) is 35.5 Å². The third-order valence-corrected chi connectivity index (χ3v) is 28.5. The number of fused-ring (bicyclic) bond motifs is 5. The van der Waals surface area contributed by atoms with Gasteiger partial charge in [-0.2, -0.15) is 0 Å². The van der Waals surface area contributed by atoms with Gasteiger partial charge in [0.2, 0.25) is 0 Å². The van der Waals surface area contributed by atoms with E-state index >= 15 is 0 Å². The molecule has 3 heteroatoms. The maximum atomic E-state index is 5.61. The van der Waals surface area contributed by atoms with Crippen LogP contribution >= 0.6 is 24.8 Å². The molecule has 0 nitrogen and oxygen atoms in total. The van der Waals surface area contributed by atoms with Crippen LogP contribution in [0.25, 0.3) is 22.3 Å². The van der Waals surface area contributed by atoms with Gasteiger partial charge in [0.25, 0.3) is 0 Å². The van der Waals surface area contributed by atoms with Gasteiger partial charge in [-0.25, -0.2) is 0 Å². The van der Waals surface area contributed by atoms with Crippen molar-refractivity contribution in [3.05, 3.63) is 118 Å². The summed E-state index contributed by atoms with van der Waals surface area (Å²) in [5.74, 6) is 0.381. The summed E-state index contributed by atoms with van der Waals surface area (Å²) >= 11 is -4.40. The first-order valence-electron chi connectivity index (χ1n) is 17.1. The molecule has 1 unspecified atom stereocenters. The Balaban J connectivity index is 0.00000217. The molecule has 0 saturated carbocycles. The van der Waals surface area contributed by atoms with Crippen LogP contribution < -0.4 is 3.27 Å². The van der Waals surface area contributed by atoms with Crippen LogP contribution in [0.3, 0.4) is 0 Å². The fraction of sp³-hybridized carbons (Fsp3) is 0.386. The first kappa shape index (κ1) is 36.2. The van der Waals surface area contributed by atoms with E-state index in [2.05, 4.69) is 148 Å². The molecule has 4 aliphatic rings. The van der Waals surface area contributed by atoms with E-state index < -0.39 is 18.3 Å². The van der Waals surface area contributed by atoms with Crippen molar-refractivity contribution in [2.75, 3.05) is 0 Å². The third kappa shape index (κ3) is 4.80. The molecule has 0 heterocycles. The van der Waals surface area contributed by atoms with Crippen LogP contribution in [0.2, 0.25) is 4.63 Å². The summed E-state index contributed by atoms with van der Waals surface area (Å²) in [4.78, 5) is 0. The van der Waals surface area contributed by atoms with Gasteiger partial charge in [-0.15, -0.1) is 24.8 Å². The van der Waals surface area contributed by atoms with Gasteiger partial charge >= 0.3 is 275 Å². The summed E-state index contributed by atoms with van der Waals surface area (Å²) in [7, 11) is 0. The predicted octanol–water partition coefficient (Wildman–Crippen LogP) is 12.2. The summed E-state index contributed by atoms with van der Waals surface area (Å²) in [6.07, 6.45) is 6.04. The quantitative estimate of drug-likeness (QED) is 0.196. The molecule has 0 aliphatic heterocycles. The van der Waals surface area contributed by atoms with Gasteiger partial charge < -0.3 is 0 Å². The van der Waals surface area contributed by atoms with Crippen molar-refractivity contribution in [2.45, 2.75) is 98.0 Å². The Morgan fingerprint density at radius 1 is 0.766 bits per heavy atom. The molecular weight excluding hydrogens is 691 g/mol. The van der Waals surface area contributed by atoms with E-state index in [1.807, 2.05) is 0 Å². The van der Waals surface area contributed by atoms with E-state index in [0.717, 1.165) is 6.42 Å². The van der Waals surface area contributed by atoms with Gasteiger partial charge in [-0.3, -0.25) is 0 Å². The first-order valence-corrected chi connectivity index (χ1v) is 25.0. The number of rotatable bonds is 3. The molecule has 0 amide bonds. The number of benzene rings is 3. The monoisotopic (exact) mass is 742 g/mol. The van der Waals surface area contributed by atoms with E-state index in [0.29, 0.717) is 5.92 Å². The van der Waals surface area contributed by atoms with Crippen LogP contribution in [0.5, 0.6) is 0 Å². The second-order valence-electron chi connectivity index (χ2n) is 17.5. The summed E-state index contributed by atoms with van der Waals surface area (Å²) in [6, 6.07) is 21.7. The molecule has 0 N–H and O–H groups in total. The van der Waals surface area contributed by atoms with Crippen molar-refractivity contribution in [3.63, 3.8) is 0 Å². The molecule has 1 atom stereocenters. The number of halogens is 2. The molecule has 3 aromatic carbocycles. The van der Waals surface area contributed by atoms with Crippen LogP contribution in [0.15, 0.2) is 84.5 Å². The van der Waals surface area contributed by atoms with E-state index in [4.69, 9.17) is 4.21 Å². The van der Waals surface area contributed by atoms with Crippen LogP contribution in [0.4, 0.5) is 0 Å². The minimum atomic E-state index is -4.40. The first-order chi connectivity index (χ1) is 20.8. The predicted molar refractivity (Wildman–Crippen MR) is 210 cm³/mol. The van der Waals surface area contributed by atoms with E-state index in [9.17, 15) is 0 Å². The zero-order valence-electron chi connectivity index (χ0n) is 30.7. The second-order valence-corrected chi connectivity index (χ2v) is 31.3. The average Bonchev–Trinajstić information content (AvgIpc) is 3.59. The summed E-state index contributed by atoms with van der Waals surface area (Å²) in [5.41, 5.74) is 17.7. The van der Waals surface area contributed by atoms with Crippen molar-refractivity contribution in [2.24, 2.45) is 11.3 Å². The van der Waals surface area contributed by atoms with E-state index in [-0.39, 0.29) is 41.1 Å². The minimum absolute atomic E-state index is 0. The molecule has 0 radical (unpaired) electrons. The topological polar surface area (TPSA) is 0 Å². The zero-order valence-corrected chi connectivity index (χ0v) is 34.7. The van der Waals surface area contributed by atoms with Gasteiger partial charge in [0.15, 0.2) is 0 Å². The van der Waals surface area contributed by atoms with Crippen LogP contribution in [0.1, 0.15) is 110 Å². The van der Waals surface area contributed by atoms with Gasteiger partial charge in [0.05, 0.1) is 0 Å². The maximum absolute atomic E-state index is 5.61. The summed E-state index contributed by atoms with van der Waals surface area (Å²) in [6.45, 7) is 26.4. The Morgan fingerprint density at radius 3 is 1.87 bits per heavy atom. The molecule has 0 aromatic heterocycles. The molecule has 0 spiro atoms. The standard InChI is InChI=1S/C25H25.C11H17.C6H5.CH3.CH2.2ClH.Zr/c1-14-12-24(3,4)22-8-16-7-17-9-23-19(15(2)13-25(23,5)6)11-21(17)20(16)10-18(14)22;1-8-6-9(2)10(7-8)11(3,4)5;1-2-4-6-5-3-1;;;;;/h8-12H,7H2,1-6H3;7-8H,1-5H3;1-5H;1H3;1H2;2*1H;. The van der Waals surface area contributed by atoms with Crippen LogP contribution in [-0.4, -0.2) is 4.21 Å². The van der Waals surface area contributed by atoms with Crippen molar-refractivity contribution >= 4 is 43.4 Å². The molecule has 0 fully saturated rings. The Hall–Kier alpha value is -2.05. The summed E-state index contributed by atoms with van der Waals surface area (Å²) < 4.78 is 13.1. The molecule has 3 aromatic rings. The van der Waals surface area contributed by atoms with Gasteiger partial charge in [-0.1, -0.05) is 0 Å². The number of hydrogen-bond acceptors (Lipinski definition) is 0. The Bertz CT molecular complexity index is 2050. The molecule has 7 rings (SSSR count). The molecular formula is C44H54Cl2Zr. The number of allylic oxidation sites excluding steroid dienone is 8. The normalized spacial score (nSPS) is 20.6. The Morgan fingerprint density at radius 2 is 1.32 bits per heavy atom. The fourth-order valence-electron chi connectivity index (χ4n) is 11.0. The summed E-state index contributed by atoms with van der Waals surface area (Å²) in [5, 5.41) is 0. The molecule has 248 valence electrons. The Kier molecular flexibility index (Phi) is 8.46. The van der Waals surface area contributed by atoms with Gasteiger partial charge in [0, 0.05) is 0 Å². The fourth-order valence-corrected chi connectivity index (χ4v) is 29.2. The SMILES string of the molecule is Cl.Cl.[CH2]=[Zr]([CH3])([C]1=C(C)C(C(C)(C)C)=CC1C)([C]1=C(C)c2cc3c(cc2C1(C)C)Cc1cc2c(cc1-3)C(C)=CC2(C)C)[c]1ccccc1. The van der Waals surface area contributed by atoms with Crippen molar-refractivity contribution < 1.29 is 18.3 Å². The molecule has 0 bridgehead atoms. The molecule has 0 saturated heterocycles. The third-order valence-electron chi connectivity index (χ3n) is 12.4. The van der Waals surface area contributed by atoms with Crippen molar-refractivity contribution in [3.8, 4) is 11.1 Å².